The van der Waals surface area contributed by atoms with Gasteiger partial charge in [-0.1, -0.05) is 0 Å². The van der Waals surface area contributed by atoms with Gasteiger partial charge in [0.15, 0.2) is 0 Å². The van der Waals surface area contributed by atoms with Crippen LogP contribution < -0.4 is 0 Å². The molecule has 0 radical (unpaired) electrons. The SMILES string of the molecule is CC(C)(C)N(C(=O)OCCCCl)C(=O)OCCCCl. The molecule has 0 bridgehead atoms. The highest BCUT2D eigenvalue weighted by Gasteiger charge is 2.35. The lowest BCUT2D eigenvalue weighted by Gasteiger charge is -2.31. The van der Waals surface area contributed by atoms with Gasteiger partial charge in [0.05, 0.1) is 13.2 Å². The monoisotopic (exact) mass is 313 g/mol. The molecular formula is C12H21Cl2NO4. The summed E-state index contributed by atoms with van der Waals surface area (Å²) in [4.78, 5) is 24.7. The lowest BCUT2D eigenvalue weighted by atomic mass is 10.1. The van der Waals surface area contributed by atoms with Crippen LogP contribution in [-0.2, 0) is 9.47 Å². The summed E-state index contributed by atoms with van der Waals surface area (Å²) in [5.41, 5.74) is -0.726. The first kappa shape index (κ1) is 18.3. The number of carbonyl (C=O) groups excluding carboxylic acids is 2. The van der Waals surface area contributed by atoms with Crippen molar-refractivity contribution in [1.82, 2.24) is 4.90 Å². The van der Waals surface area contributed by atoms with Crippen LogP contribution >= 0.6 is 23.2 Å². The Morgan fingerprint density at radius 2 is 1.32 bits per heavy atom. The third-order valence-corrected chi connectivity index (χ3v) is 2.58. The van der Waals surface area contributed by atoms with Crippen molar-refractivity contribution in [2.24, 2.45) is 0 Å². The Hall–Kier alpha value is -0.680. The number of imide groups is 1. The maximum absolute atomic E-state index is 11.9. The van der Waals surface area contributed by atoms with Gasteiger partial charge in [0, 0.05) is 17.3 Å². The number of amides is 2. The quantitative estimate of drug-likeness (QED) is 0.555. The van der Waals surface area contributed by atoms with Crippen molar-refractivity contribution in [3.05, 3.63) is 0 Å². The van der Waals surface area contributed by atoms with Crippen molar-refractivity contribution in [1.29, 1.82) is 0 Å². The fourth-order valence-corrected chi connectivity index (χ4v) is 1.40. The van der Waals surface area contributed by atoms with E-state index in [0.29, 0.717) is 24.6 Å². The summed E-state index contributed by atoms with van der Waals surface area (Å²) in [6, 6.07) is 0. The smallest absolute Gasteiger partial charge is 0.419 e. The van der Waals surface area contributed by atoms with Gasteiger partial charge in [-0.3, -0.25) is 0 Å². The number of hydrogen-bond acceptors (Lipinski definition) is 4. The predicted molar refractivity (Wildman–Crippen MR) is 75.0 cm³/mol. The molecule has 19 heavy (non-hydrogen) atoms. The van der Waals surface area contributed by atoms with E-state index in [1.165, 1.54) is 0 Å². The number of carbonyl (C=O) groups is 2. The minimum Gasteiger partial charge on any atom is -0.449 e. The van der Waals surface area contributed by atoms with E-state index in [0.717, 1.165) is 4.90 Å². The van der Waals surface area contributed by atoms with Crippen LogP contribution in [0.15, 0.2) is 0 Å². The first-order valence-corrected chi connectivity index (χ1v) is 7.17. The van der Waals surface area contributed by atoms with Crippen LogP contribution in [0.4, 0.5) is 9.59 Å². The standard InChI is InChI=1S/C12H21Cl2NO4/c1-12(2,3)15(10(16)18-8-4-6-13)11(17)19-9-5-7-14/h4-9H2,1-3H3. The Balaban J connectivity index is 4.54. The normalized spacial score (nSPS) is 11.0. The lowest BCUT2D eigenvalue weighted by molar-refractivity contribution is 0.0487. The van der Waals surface area contributed by atoms with E-state index in [-0.39, 0.29) is 13.2 Å². The third kappa shape index (κ3) is 7.47. The first-order chi connectivity index (χ1) is 8.84. The predicted octanol–water partition coefficient (Wildman–Crippen LogP) is 3.62. The molecule has 7 heteroatoms. The van der Waals surface area contributed by atoms with Crippen molar-refractivity contribution in [3.8, 4) is 0 Å². The number of alkyl halides is 2. The van der Waals surface area contributed by atoms with Gasteiger partial charge in [0.25, 0.3) is 0 Å². The second-order valence-corrected chi connectivity index (χ2v) is 5.58. The van der Waals surface area contributed by atoms with Crippen molar-refractivity contribution in [2.75, 3.05) is 25.0 Å². The van der Waals surface area contributed by atoms with Crippen LogP contribution in [0.3, 0.4) is 0 Å². The molecular weight excluding hydrogens is 293 g/mol. The minimum atomic E-state index is -0.728. The van der Waals surface area contributed by atoms with E-state index in [1.807, 2.05) is 0 Å². The maximum Gasteiger partial charge on any atom is 0.419 e. The molecule has 0 atom stereocenters. The van der Waals surface area contributed by atoms with Gasteiger partial charge >= 0.3 is 12.2 Å². The number of rotatable bonds is 6. The summed E-state index contributed by atoms with van der Waals surface area (Å²) in [5.74, 6) is 0.784. The van der Waals surface area contributed by atoms with Gasteiger partial charge in [-0.2, -0.15) is 0 Å². The summed E-state index contributed by atoms with van der Waals surface area (Å²) in [7, 11) is 0. The second-order valence-electron chi connectivity index (χ2n) is 4.82. The molecule has 0 aliphatic carbocycles. The highest BCUT2D eigenvalue weighted by molar-refractivity contribution is 6.18. The molecule has 0 aromatic carbocycles. The van der Waals surface area contributed by atoms with E-state index < -0.39 is 17.7 Å². The molecule has 5 nitrogen and oxygen atoms in total. The van der Waals surface area contributed by atoms with Crippen LogP contribution in [0.25, 0.3) is 0 Å². The Kier molecular flexibility index (Phi) is 8.93. The lowest BCUT2D eigenvalue weighted by Crippen LogP contribution is -2.50. The van der Waals surface area contributed by atoms with Gasteiger partial charge in [-0.05, 0) is 33.6 Å². The highest BCUT2D eigenvalue weighted by Crippen LogP contribution is 2.16. The minimum absolute atomic E-state index is 0.171. The number of halogens is 2. The molecule has 0 aromatic heterocycles. The fraction of sp³-hybridized carbons (Fsp3) is 0.833. The topological polar surface area (TPSA) is 55.8 Å². The second kappa shape index (κ2) is 9.26. The first-order valence-electron chi connectivity index (χ1n) is 6.10. The molecule has 0 aromatic rings. The Bertz CT molecular complexity index is 270. The maximum atomic E-state index is 11.9. The van der Waals surface area contributed by atoms with Crippen LogP contribution in [0.5, 0.6) is 0 Å². The number of hydrogen-bond donors (Lipinski definition) is 0. The van der Waals surface area contributed by atoms with Crippen LogP contribution in [-0.4, -0.2) is 47.6 Å². The van der Waals surface area contributed by atoms with E-state index in [9.17, 15) is 9.59 Å². The van der Waals surface area contributed by atoms with Crippen molar-refractivity contribution < 1.29 is 19.1 Å². The van der Waals surface area contributed by atoms with Crippen molar-refractivity contribution in [2.45, 2.75) is 39.2 Å². The summed E-state index contributed by atoms with van der Waals surface area (Å²) in [6.45, 7) is 5.50. The van der Waals surface area contributed by atoms with Gasteiger partial charge in [-0.15, -0.1) is 23.2 Å². The van der Waals surface area contributed by atoms with Crippen molar-refractivity contribution in [3.63, 3.8) is 0 Å². The van der Waals surface area contributed by atoms with Crippen LogP contribution in [0.2, 0.25) is 0 Å². The van der Waals surface area contributed by atoms with Crippen LogP contribution in [0.1, 0.15) is 33.6 Å². The van der Waals surface area contributed by atoms with Gasteiger partial charge < -0.3 is 9.47 Å². The summed E-state index contributed by atoms with van der Waals surface area (Å²) in [5, 5.41) is 0. The van der Waals surface area contributed by atoms with E-state index in [2.05, 4.69) is 0 Å². The Morgan fingerprint density at radius 3 is 1.58 bits per heavy atom. The number of ether oxygens (including phenoxy) is 2. The molecule has 0 fully saturated rings. The largest absolute Gasteiger partial charge is 0.449 e. The zero-order chi connectivity index (χ0) is 14.9. The Morgan fingerprint density at radius 1 is 0.947 bits per heavy atom. The zero-order valence-corrected chi connectivity index (χ0v) is 13.1. The third-order valence-electron chi connectivity index (χ3n) is 2.04. The summed E-state index contributed by atoms with van der Waals surface area (Å²) >= 11 is 11.0. The average molecular weight is 314 g/mol. The van der Waals surface area contributed by atoms with Gasteiger partial charge in [0.2, 0.25) is 0 Å². The summed E-state index contributed by atoms with van der Waals surface area (Å²) in [6.07, 6.45) is -0.388. The molecule has 0 saturated carbocycles. The number of nitrogens with zero attached hydrogens (tertiary/aromatic N) is 1. The fourth-order valence-electron chi connectivity index (χ4n) is 1.18. The van der Waals surface area contributed by atoms with Gasteiger partial charge in [0.1, 0.15) is 0 Å². The molecule has 0 unspecified atom stereocenters. The molecule has 2 amide bonds. The molecule has 112 valence electrons. The molecule has 0 N–H and O–H groups in total. The zero-order valence-electron chi connectivity index (χ0n) is 11.6. The van der Waals surface area contributed by atoms with E-state index >= 15 is 0 Å². The average Bonchev–Trinajstić information content (AvgIpc) is 2.28. The van der Waals surface area contributed by atoms with E-state index in [4.69, 9.17) is 32.7 Å². The summed E-state index contributed by atoms with van der Waals surface area (Å²) < 4.78 is 9.95. The molecule has 0 spiro atoms. The molecule has 0 saturated heterocycles. The van der Waals surface area contributed by atoms with Crippen LogP contribution in [0, 0.1) is 0 Å². The van der Waals surface area contributed by atoms with Crippen molar-refractivity contribution >= 4 is 35.4 Å². The molecule has 0 rings (SSSR count). The highest BCUT2D eigenvalue weighted by atomic mass is 35.5. The molecule has 0 aliphatic rings. The van der Waals surface area contributed by atoms with Gasteiger partial charge in [-0.25, -0.2) is 14.5 Å². The molecule has 0 aliphatic heterocycles. The van der Waals surface area contributed by atoms with E-state index in [1.54, 1.807) is 20.8 Å². The Labute approximate surface area is 124 Å². The molecule has 0 heterocycles.